The van der Waals surface area contributed by atoms with Crippen LogP contribution in [0.2, 0.25) is 19.6 Å². The first-order valence-corrected chi connectivity index (χ1v) is 9.95. The molecule has 92 valence electrons. The molecule has 0 heterocycles. The molecule has 0 amide bonds. The second kappa shape index (κ2) is 4.57. The SMILES string of the molecule is C[Si](C)(C)OC1=CCCc2c1ccc(F)c2Br. The zero-order valence-corrected chi connectivity index (χ0v) is 12.9. The number of halogens is 2. The van der Waals surface area contributed by atoms with Crippen LogP contribution in [0.15, 0.2) is 22.7 Å². The topological polar surface area (TPSA) is 9.23 Å². The van der Waals surface area contributed by atoms with Crippen molar-refractivity contribution in [3.05, 3.63) is 39.6 Å². The highest BCUT2D eigenvalue weighted by atomic mass is 79.9. The largest absolute Gasteiger partial charge is 0.544 e. The minimum absolute atomic E-state index is 0.196. The van der Waals surface area contributed by atoms with E-state index >= 15 is 0 Å². The van der Waals surface area contributed by atoms with Crippen LogP contribution >= 0.6 is 15.9 Å². The lowest BCUT2D eigenvalue weighted by Gasteiger charge is -2.26. The van der Waals surface area contributed by atoms with E-state index in [9.17, 15) is 4.39 Å². The van der Waals surface area contributed by atoms with Crippen LogP contribution in [0.5, 0.6) is 0 Å². The molecule has 0 fully saturated rings. The zero-order chi connectivity index (χ0) is 12.6. The second-order valence-corrected chi connectivity index (χ2v) is 10.4. The molecule has 0 saturated carbocycles. The summed E-state index contributed by atoms with van der Waals surface area (Å²) in [5.74, 6) is 0.726. The zero-order valence-electron chi connectivity index (χ0n) is 10.3. The maximum atomic E-state index is 13.5. The minimum Gasteiger partial charge on any atom is -0.544 e. The van der Waals surface area contributed by atoms with Gasteiger partial charge in [-0.05, 0) is 72.2 Å². The fourth-order valence-corrected chi connectivity index (χ4v) is 3.35. The van der Waals surface area contributed by atoms with E-state index in [1.807, 2.05) is 6.07 Å². The summed E-state index contributed by atoms with van der Waals surface area (Å²) in [6, 6.07) is 3.32. The van der Waals surface area contributed by atoms with E-state index in [4.69, 9.17) is 4.43 Å². The summed E-state index contributed by atoms with van der Waals surface area (Å²) in [6.07, 6.45) is 3.89. The van der Waals surface area contributed by atoms with Crippen LogP contribution in [0.3, 0.4) is 0 Å². The minimum atomic E-state index is -1.62. The lowest BCUT2D eigenvalue weighted by molar-refractivity contribution is 0.507. The van der Waals surface area contributed by atoms with Gasteiger partial charge in [-0.15, -0.1) is 0 Å². The van der Waals surface area contributed by atoms with Gasteiger partial charge in [0.1, 0.15) is 11.6 Å². The van der Waals surface area contributed by atoms with Crippen molar-refractivity contribution in [1.82, 2.24) is 0 Å². The second-order valence-electron chi connectivity index (χ2n) is 5.21. The molecule has 2 rings (SSSR count). The van der Waals surface area contributed by atoms with Gasteiger partial charge in [0.2, 0.25) is 8.32 Å². The molecule has 0 saturated heterocycles. The summed E-state index contributed by atoms with van der Waals surface area (Å²) in [5, 5.41) is 0. The molecular formula is C13H16BrFOSi. The Kier molecular flexibility index (Phi) is 3.45. The molecule has 0 radical (unpaired) electrons. The summed E-state index contributed by atoms with van der Waals surface area (Å²) in [6.45, 7) is 6.46. The van der Waals surface area contributed by atoms with Crippen LogP contribution in [-0.4, -0.2) is 8.32 Å². The summed E-state index contributed by atoms with van der Waals surface area (Å²) in [4.78, 5) is 0. The number of allylic oxidation sites excluding steroid dienone is 1. The van der Waals surface area contributed by atoms with E-state index in [0.29, 0.717) is 4.47 Å². The van der Waals surface area contributed by atoms with Gasteiger partial charge < -0.3 is 4.43 Å². The molecule has 17 heavy (non-hydrogen) atoms. The van der Waals surface area contributed by atoms with Crippen molar-refractivity contribution in [2.75, 3.05) is 0 Å². The van der Waals surface area contributed by atoms with Crippen LogP contribution < -0.4 is 0 Å². The highest BCUT2D eigenvalue weighted by Crippen LogP contribution is 2.35. The van der Waals surface area contributed by atoms with Crippen molar-refractivity contribution in [3.63, 3.8) is 0 Å². The number of fused-ring (bicyclic) bond motifs is 1. The van der Waals surface area contributed by atoms with Gasteiger partial charge in [-0.3, -0.25) is 0 Å². The molecule has 0 unspecified atom stereocenters. The van der Waals surface area contributed by atoms with Gasteiger partial charge in [0.05, 0.1) is 4.47 Å². The lowest BCUT2D eigenvalue weighted by Crippen LogP contribution is -2.25. The first-order chi connectivity index (χ1) is 7.88. The van der Waals surface area contributed by atoms with Gasteiger partial charge in [-0.1, -0.05) is 0 Å². The summed E-state index contributed by atoms with van der Waals surface area (Å²) in [5.41, 5.74) is 2.06. The molecule has 1 aliphatic rings. The molecule has 1 aromatic carbocycles. The molecule has 0 bridgehead atoms. The van der Waals surface area contributed by atoms with Crippen LogP contribution in [0, 0.1) is 5.82 Å². The van der Waals surface area contributed by atoms with Crippen molar-refractivity contribution in [1.29, 1.82) is 0 Å². The van der Waals surface area contributed by atoms with Gasteiger partial charge in [-0.25, -0.2) is 4.39 Å². The van der Waals surface area contributed by atoms with E-state index in [0.717, 1.165) is 29.7 Å². The van der Waals surface area contributed by atoms with Crippen LogP contribution in [-0.2, 0) is 10.8 Å². The van der Waals surface area contributed by atoms with Gasteiger partial charge in [0, 0.05) is 5.56 Å². The molecule has 1 aliphatic carbocycles. The van der Waals surface area contributed by atoms with Crippen LogP contribution in [0.1, 0.15) is 17.5 Å². The number of benzene rings is 1. The maximum Gasteiger partial charge on any atom is 0.242 e. The highest BCUT2D eigenvalue weighted by molar-refractivity contribution is 9.10. The molecule has 0 spiro atoms. The van der Waals surface area contributed by atoms with Crippen molar-refractivity contribution in [2.24, 2.45) is 0 Å². The van der Waals surface area contributed by atoms with Crippen molar-refractivity contribution in [2.45, 2.75) is 32.5 Å². The van der Waals surface area contributed by atoms with Gasteiger partial charge in [0.25, 0.3) is 0 Å². The highest BCUT2D eigenvalue weighted by Gasteiger charge is 2.23. The van der Waals surface area contributed by atoms with Crippen LogP contribution in [0.4, 0.5) is 4.39 Å². The lowest BCUT2D eigenvalue weighted by atomic mass is 9.96. The average molecular weight is 315 g/mol. The Morgan fingerprint density at radius 1 is 1.29 bits per heavy atom. The van der Waals surface area contributed by atoms with E-state index in [1.165, 1.54) is 6.07 Å². The Balaban J connectivity index is 2.42. The molecule has 1 aromatic rings. The Hall–Kier alpha value is -0.613. The maximum absolute atomic E-state index is 13.5. The normalized spacial score (nSPS) is 15.2. The van der Waals surface area contributed by atoms with E-state index < -0.39 is 8.32 Å². The summed E-state index contributed by atoms with van der Waals surface area (Å²) < 4.78 is 20.1. The predicted molar refractivity (Wildman–Crippen MR) is 74.8 cm³/mol. The molecule has 4 heteroatoms. The van der Waals surface area contributed by atoms with E-state index in [1.54, 1.807) is 0 Å². The van der Waals surface area contributed by atoms with E-state index in [2.05, 4.69) is 41.6 Å². The van der Waals surface area contributed by atoms with Crippen molar-refractivity contribution >= 4 is 30.0 Å². The molecular weight excluding hydrogens is 299 g/mol. The van der Waals surface area contributed by atoms with Crippen molar-refractivity contribution in [3.8, 4) is 0 Å². The van der Waals surface area contributed by atoms with E-state index in [-0.39, 0.29) is 5.82 Å². The Labute approximate surface area is 111 Å². The fraction of sp³-hybridized carbons (Fsp3) is 0.385. The third-order valence-corrected chi connectivity index (χ3v) is 4.29. The number of rotatable bonds is 2. The molecule has 0 aliphatic heterocycles. The van der Waals surface area contributed by atoms with Crippen LogP contribution in [0.25, 0.3) is 5.76 Å². The quantitative estimate of drug-likeness (QED) is 0.717. The van der Waals surface area contributed by atoms with Crippen molar-refractivity contribution < 1.29 is 8.82 Å². The third kappa shape index (κ3) is 2.80. The smallest absolute Gasteiger partial charge is 0.242 e. The van der Waals surface area contributed by atoms with Gasteiger partial charge in [-0.2, -0.15) is 0 Å². The summed E-state index contributed by atoms with van der Waals surface area (Å²) >= 11 is 3.33. The average Bonchev–Trinajstić information content (AvgIpc) is 2.22. The monoisotopic (exact) mass is 314 g/mol. The number of hydrogen-bond donors (Lipinski definition) is 0. The fourth-order valence-electron chi connectivity index (χ4n) is 1.95. The third-order valence-electron chi connectivity index (χ3n) is 2.60. The summed E-state index contributed by atoms with van der Waals surface area (Å²) in [7, 11) is -1.62. The molecule has 0 atom stereocenters. The van der Waals surface area contributed by atoms with Gasteiger partial charge in [0.15, 0.2) is 0 Å². The first kappa shape index (κ1) is 12.8. The molecule has 0 N–H and O–H groups in total. The Morgan fingerprint density at radius 2 is 2.00 bits per heavy atom. The molecule has 1 nitrogen and oxygen atoms in total. The number of hydrogen-bond acceptors (Lipinski definition) is 1. The first-order valence-electron chi connectivity index (χ1n) is 5.75. The predicted octanol–water partition coefficient (Wildman–Crippen LogP) is 4.73. The Bertz CT molecular complexity index is 477. The Morgan fingerprint density at radius 3 is 2.65 bits per heavy atom. The van der Waals surface area contributed by atoms with Gasteiger partial charge >= 0.3 is 0 Å². The molecule has 0 aromatic heterocycles. The standard InChI is InChI=1S/C13H16BrFOSi/c1-17(2,3)16-12-6-4-5-10-9(12)7-8-11(15)13(10)14/h6-8H,4-5H2,1-3H3.